The molecule has 0 saturated carbocycles. The summed E-state index contributed by atoms with van der Waals surface area (Å²) < 4.78 is 0. The number of thioether (sulfide) groups is 1. The molecule has 74 valence electrons. The maximum Gasteiger partial charge on any atom is 0.205 e. The van der Waals surface area contributed by atoms with E-state index in [1.165, 1.54) is 0 Å². The van der Waals surface area contributed by atoms with Crippen molar-refractivity contribution in [2.24, 2.45) is 0 Å². The van der Waals surface area contributed by atoms with Gasteiger partial charge in [0.25, 0.3) is 0 Å². The number of hydrogen-bond donors (Lipinski definition) is 1. The van der Waals surface area contributed by atoms with Gasteiger partial charge in [0.05, 0.1) is 0 Å². The lowest BCUT2D eigenvalue weighted by atomic mass is 10.2. The third-order valence-corrected chi connectivity index (χ3v) is 3.31. The minimum atomic E-state index is 0.480. The minimum Gasteiger partial charge on any atom is -0.359 e. The van der Waals surface area contributed by atoms with Gasteiger partial charge in [0.15, 0.2) is 0 Å². The Balaban J connectivity index is 2.40. The Bertz CT molecular complexity index is 247. The largest absolute Gasteiger partial charge is 0.359 e. The molecule has 0 amide bonds. The van der Waals surface area contributed by atoms with Crippen LogP contribution in [0.1, 0.15) is 24.8 Å². The number of aromatic nitrogens is 2. The lowest BCUT2D eigenvalue weighted by Gasteiger charge is -1.98. The second-order valence-electron chi connectivity index (χ2n) is 3.02. The van der Waals surface area contributed by atoms with Gasteiger partial charge in [-0.15, -0.1) is 10.2 Å². The molecule has 0 radical (unpaired) electrons. The van der Waals surface area contributed by atoms with Crippen molar-refractivity contribution in [3.63, 3.8) is 0 Å². The highest BCUT2D eigenvalue weighted by molar-refractivity contribution is 7.98. The van der Waals surface area contributed by atoms with Gasteiger partial charge < -0.3 is 5.32 Å². The molecular weight excluding hydrogens is 202 g/mol. The first-order valence-corrected chi connectivity index (χ1v) is 6.51. The fraction of sp³-hybridized carbons (Fsp3) is 0.750. The van der Waals surface area contributed by atoms with Gasteiger partial charge in [0.1, 0.15) is 5.01 Å². The molecule has 0 aliphatic rings. The molecule has 1 heterocycles. The van der Waals surface area contributed by atoms with Crippen molar-refractivity contribution in [2.45, 2.75) is 19.8 Å². The molecule has 1 aromatic rings. The highest BCUT2D eigenvalue weighted by Gasteiger charge is 2.06. The van der Waals surface area contributed by atoms with E-state index >= 15 is 0 Å². The van der Waals surface area contributed by atoms with Crippen molar-refractivity contribution < 1.29 is 0 Å². The monoisotopic (exact) mass is 217 g/mol. The summed E-state index contributed by atoms with van der Waals surface area (Å²) in [7, 11) is 0. The van der Waals surface area contributed by atoms with E-state index in [1.54, 1.807) is 11.3 Å². The smallest absolute Gasteiger partial charge is 0.205 e. The van der Waals surface area contributed by atoms with Crippen LogP contribution >= 0.6 is 23.1 Å². The zero-order chi connectivity index (χ0) is 9.68. The first kappa shape index (κ1) is 10.8. The highest BCUT2D eigenvalue weighted by atomic mass is 32.2. The maximum absolute atomic E-state index is 4.09. The first-order valence-electron chi connectivity index (χ1n) is 4.30. The van der Waals surface area contributed by atoms with Crippen LogP contribution in [-0.2, 0) is 0 Å². The number of nitrogens with one attached hydrogen (secondary N) is 1. The maximum atomic E-state index is 4.09. The van der Waals surface area contributed by atoms with Crippen molar-refractivity contribution in [2.75, 3.05) is 23.9 Å². The predicted octanol–water partition coefficient (Wildman–Crippen LogP) is 2.44. The van der Waals surface area contributed by atoms with Crippen LogP contribution in [0.3, 0.4) is 0 Å². The van der Waals surface area contributed by atoms with Gasteiger partial charge in [0, 0.05) is 18.2 Å². The van der Waals surface area contributed by atoms with E-state index in [1.807, 2.05) is 11.8 Å². The van der Waals surface area contributed by atoms with E-state index < -0.39 is 0 Å². The molecule has 0 bridgehead atoms. The van der Waals surface area contributed by atoms with Crippen molar-refractivity contribution in [1.82, 2.24) is 10.2 Å². The number of rotatable bonds is 5. The predicted molar refractivity (Wildman–Crippen MR) is 60.9 cm³/mol. The molecule has 1 rings (SSSR count). The molecule has 0 spiro atoms. The summed E-state index contributed by atoms with van der Waals surface area (Å²) >= 11 is 3.48. The van der Waals surface area contributed by atoms with Gasteiger partial charge >= 0.3 is 0 Å². The van der Waals surface area contributed by atoms with Crippen LogP contribution in [0.4, 0.5) is 5.13 Å². The van der Waals surface area contributed by atoms with E-state index in [-0.39, 0.29) is 0 Å². The van der Waals surface area contributed by atoms with E-state index in [0.29, 0.717) is 5.92 Å². The van der Waals surface area contributed by atoms with Crippen LogP contribution in [0.15, 0.2) is 0 Å². The minimum absolute atomic E-state index is 0.480. The highest BCUT2D eigenvalue weighted by Crippen LogP contribution is 2.21. The second kappa shape index (κ2) is 5.44. The Kier molecular flexibility index (Phi) is 4.52. The number of nitrogens with zero attached hydrogens (tertiary/aromatic N) is 2. The molecule has 5 heteroatoms. The molecule has 0 aliphatic carbocycles. The van der Waals surface area contributed by atoms with Crippen LogP contribution in [0, 0.1) is 0 Å². The lowest BCUT2D eigenvalue weighted by Crippen LogP contribution is -2.02. The van der Waals surface area contributed by atoms with Crippen LogP contribution in [0.2, 0.25) is 0 Å². The molecule has 3 nitrogen and oxygen atoms in total. The Morgan fingerprint density at radius 2 is 2.23 bits per heavy atom. The number of hydrogen-bond acceptors (Lipinski definition) is 5. The van der Waals surface area contributed by atoms with Gasteiger partial charge in [-0.2, -0.15) is 11.8 Å². The normalized spacial score (nSPS) is 10.8. The topological polar surface area (TPSA) is 37.8 Å². The molecule has 1 aromatic heterocycles. The lowest BCUT2D eigenvalue weighted by molar-refractivity contribution is 0.825. The third kappa shape index (κ3) is 3.52. The number of anilines is 1. The standard InChI is InChI=1S/C8H15N3S2/c1-6(2)7-10-11-8(13-7)9-4-5-12-3/h6H,4-5H2,1-3H3,(H,9,11). The molecule has 0 atom stereocenters. The zero-order valence-electron chi connectivity index (χ0n) is 8.20. The molecule has 1 N–H and O–H groups in total. The summed E-state index contributed by atoms with van der Waals surface area (Å²) in [6, 6.07) is 0. The zero-order valence-corrected chi connectivity index (χ0v) is 9.84. The van der Waals surface area contributed by atoms with Crippen LogP contribution < -0.4 is 5.32 Å². The summed E-state index contributed by atoms with van der Waals surface area (Å²) in [6.45, 7) is 5.23. The summed E-state index contributed by atoms with van der Waals surface area (Å²) in [5, 5.41) is 13.4. The van der Waals surface area contributed by atoms with Crippen LogP contribution in [0.5, 0.6) is 0 Å². The summed E-state index contributed by atoms with van der Waals surface area (Å²) in [4.78, 5) is 0. The average Bonchev–Trinajstić information content (AvgIpc) is 2.53. The molecule has 0 fully saturated rings. The van der Waals surface area contributed by atoms with E-state index in [2.05, 4.69) is 35.6 Å². The SMILES string of the molecule is CSCCNc1nnc(C(C)C)s1. The second-order valence-corrected chi connectivity index (χ2v) is 5.01. The van der Waals surface area contributed by atoms with Crippen molar-refractivity contribution in [1.29, 1.82) is 0 Å². The van der Waals surface area contributed by atoms with E-state index in [4.69, 9.17) is 0 Å². The Morgan fingerprint density at radius 1 is 1.46 bits per heavy atom. The van der Waals surface area contributed by atoms with Gasteiger partial charge in [-0.05, 0) is 6.26 Å². The average molecular weight is 217 g/mol. The van der Waals surface area contributed by atoms with Crippen molar-refractivity contribution in [3.8, 4) is 0 Å². The van der Waals surface area contributed by atoms with E-state index in [9.17, 15) is 0 Å². The fourth-order valence-corrected chi connectivity index (χ4v) is 1.88. The van der Waals surface area contributed by atoms with Gasteiger partial charge in [-0.3, -0.25) is 0 Å². The first-order chi connectivity index (χ1) is 6.24. The summed E-state index contributed by atoms with van der Waals surface area (Å²) in [5.74, 6) is 1.59. The molecule has 13 heavy (non-hydrogen) atoms. The van der Waals surface area contributed by atoms with Crippen LogP contribution in [0.25, 0.3) is 0 Å². The van der Waals surface area contributed by atoms with Gasteiger partial charge in [-0.25, -0.2) is 0 Å². The summed E-state index contributed by atoms with van der Waals surface area (Å²) in [6.07, 6.45) is 2.10. The van der Waals surface area contributed by atoms with Gasteiger partial charge in [-0.1, -0.05) is 25.2 Å². The quantitative estimate of drug-likeness (QED) is 0.769. The fourth-order valence-electron chi connectivity index (χ4n) is 0.799. The summed E-state index contributed by atoms with van der Waals surface area (Å²) in [5.41, 5.74) is 0. The van der Waals surface area contributed by atoms with E-state index in [0.717, 1.165) is 22.4 Å². The molecular formula is C8H15N3S2. The molecule has 0 aromatic carbocycles. The molecule has 0 saturated heterocycles. The Hall–Kier alpha value is -0.290. The van der Waals surface area contributed by atoms with Crippen molar-refractivity contribution in [3.05, 3.63) is 5.01 Å². The van der Waals surface area contributed by atoms with Crippen molar-refractivity contribution >= 4 is 28.2 Å². The van der Waals surface area contributed by atoms with Crippen LogP contribution in [-0.4, -0.2) is 28.8 Å². The third-order valence-electron chi connectivity index (χ3n) is 1.52. The molecule has 0 aliphatic heterocycles. The molecule has 0 unspecified atom stereocenters. The Labute approximate surface area is 87.3 Å². The Morgan fingerprint density at radius 3 is 2.77 bits per heavy atom. The van der Waals surface area contributed by atoms with Gasteiger partial charge in [0.2, 0.25) is 5.13 Å².